The van der Waals surface area contributed by atoms with Crippen LogP contribution in [0.15, 0.2) is 24.3 Å². The Bertz CT molecular complexity index is 517. The molecule has 1 aromatic carbocycles. The van der Waals surface area contributed by atoms with E-state index in [1.54, 1.807) is 24.3 Å². The van der Waals surface area contributed by atoms with Crippen molar-refractivity contribution < 1.29 is 14.6 Å². The number of aliphatic hydroxyl groups is 1. The number of rotatable bonds is 13. The lowest BCUT2D eigenvalue weighted by atomic mass is 10.1. The fraction of sp³-hybridized carbons (Fsp3) is 0.579. The van der Waals surface area contributed by atoms with E-state index in [1.807, 2.05) is 0 Å². The molecule has 140 valence electrons. The molecule has 0 aliphatic rings. The first kappa shape index (κ1) is 21.0. The Morgan fingerprint density at radius 1 is 1.16 bits per heavy atom. The summed E-state index contributed by atoms with van der Waals surface area (Å²) in [5, 5.41) is 18.9. The highest BCUT2D eigenvalue weighted by molar-refractivity contribution is 5.97. The van der Waals surface area contributed by atoms with Gasteiger partial charge >= 0.3 is 0 Å². The Kier molecular flexibility index (Phi) is 10.3. The number of carbonyl (C=O) groups excluding carboxylic acids is 1. The summed E-state index contributed by atoms with van der Waals surface area (Å²) in [5.41, 5.74) is 5.73. The van der Waals surface area contributed by atoms with E-state index in [2.05, 4.69) is 12.2 Å². The van der Waals surface area contributed by atoms with Crippen LogP contribution in [0.1, 0.15) is 62.2 Å². The van der Waals surface area contributed by atoms with Crippen LogP contribution in [0.3, 0.4) is 0 Å². The summed E-state index contributed by atoms with van der Waals surface area (Å²) < 4.78 is 5.68. The van der Waals surface area contributed by atoms with Crippen molar-refractivity contribution in [3.63, 3.8) is 0 Å². The highest BCUT2D eigenvalue weighted by atomic mass is 16.5. The number of nitrogens with one attached hydrogen (secondary N) is 2. The van der Waals surface area contributed by atoms with Gasteiger partial charge in [0.25, 0.3) is 5.91 Å². The first-order chi connectivity index (χ1) is 12.1. The number of hydrogen-bond acceptors (Lipinski definition) is 4. The second-order valence-corrected chi connectivity index (χ2v) is 6.16. The van der Waals surface area contributed by atoms with Crippen molar-refractivity contribution in [1.29, 1.82) is 5.41 Å². The van der Waals surface area contributed by atoms with E-state index in [0.29, 0.717) is 12.2 Å². The Hall–Kier alpha value is -2.08. The van der Waals surface area contributed by atoms with Crippen molar-refractivity contribution in [3.05, 3.63) is 29.8 Å². The van der Waals surface area contributed by atoms with Gasteiger partial charge in [0.1, 0.15) is 17.6 Å². The van der Waals surface area contributed by atoms with Gasteiger partial charge < -0.3 is 20.9 Å². The molecule has 6 heteroatoms. The number of ether oxygens (including phenoxy) is 1. The maximum absolute atomic E-state index is 12.0. The van der Waals surface area contributed by atoms with Gasteiger partial charge in [-0.05, 0) is 30.7 Å². The Labute approximate surface area is 150 Å². The third-order valence-corrected chi connectivity index (χ3v) is 4.00. The molecule has 1 rings (SSSR count). The summed E-state index contributed by atoms with van der Waals surface area (Å²) >= 11 is 0. The van der Waals surface area contributed by atoms with Gasteiger partial charge in [0.15, 0.2) is 0 Å². The van der Waals surface area contributed by atoms with Crippen LogP contribution in [0.25, 0.3) is 0 Å². The molecule has 0 aliphatic heterocycles. The van der Waals surface area contributed by atoms with Gasteiger partial charge in [-0.2, -0.15) is 0 Å². The molecule has 1 aromatic rings. The second kappa shape index (κ2) is 12.3. The molecule has 0 aliphatic carbocycles. The molecule has 0 heterocycles. The summed E-state index contributed by atoms with van der Waals surface area (Å²) in [5.74, 6) is 0.0752. The van der Waals surface area contributed by atoms with Crippen LogP contribution in [-0.2, 0) is 0 Å². The lowest BCUT2D eigenvalue weighted by molar-refractivity contribution is 0.0933. The molecular weight excluding hydrogens is 318 g/mol. The van der Waals surface area contributed by atoms with Gasteiger partial charge in [0, 0.05) is 5.56 Å². The lowest BCUT2D eigenvalue weighted by Crippen LogP contribution is -2.46. The summed E-state index contributed by atoms with van der Waals surface area (Å²) in [7, 11) is 0. The number of hydrogen-bond donors (Lipinski definition) is 4. The monoisotopic (exact) mass is 349 g/mol. The van der Waals surface area contributed by atoms with E-state index < -0.39 is 12.6 Å². The zero-order chi connectivity index (χ0) is 18.5. The summed E-state index contributed by atoms with van der Waals surface area (Å²) in [4.78, 5) is 12.0. The predicted octanol–water partition coefficient (Wildman–Crippen LogP) is 2.84. The van der Waals surface area contributed by atoms with Crippen LogP contribution in [0.4, 0.5) is 0 Å². The average molecular weight is 349 g/mol. The minimum Gasteiger partial charge on any atom is -0.494 e. The van der Waals surface area contributed by atoms with Crippen molar-refractivity contribution in [2.45, 2.75) is 57.9 Å². The van der Waals surface area contributed by atoms with Crippen molar-refractivity contribution in [1.82, 2.24) is 5.32 Å². The van der Waals surface area contributed by atoms with Gasteiger partial charge in [-0.3, -0.25) is 10.2 Å². The first-order valence-corrected chi connectivity index (χ1v) is 9.07. The van der Waals surface area contributed by atoms with Crippen molar-refractivity contribution in [3.8, 4) is 5.75 Å². The highest BCUT2D eigenvalue weighted by Crippen LogP contribution is 2.14. The molecule has 25 heavy (non-hydrogen) atoms. The molecule has 0 bridgehead atoms. The van der Waals surface area contributed by atoms with E-state index in [0.717, 1.165) is 12.2 Å². The molecule has 0 aromatic heterocycles. The number of amidine groups is 1. The molecule has 0 saturated heterocycles. The van der Waals surface area contributed by atoms with E-state index in [4.69, 9.17) is 21.0 Å². The minimum absolute atomic E-state index is 0.273. The van der Waals surface area contributed by atoms with Crippen LogP contribution in [0.5, 0.6) is 5.75 Å². The third kappa shape index (κ3) is 8.54. The van der Waals surface area contributed by atoms with Crippen molar-refractivity contribution >= 4 is 11.7 Å². The van der Waals surface area contributed by atoms with Crippen molar-refractivity contribution in [2.75, 3.05) is 13.2 Å². The zero-order valence-corrected chi connectivity index (χ0v) is 15.1. The molecule has 0 fully saturated rings. The van der Waals surface area contributed by atoms with Crippen LogP contribution in [0, 0.1) is 5.41 Å². The molecule has 1 amide bonds. The summed E-state index contributed by atoms with van der Waals surface area (Å²) in [6.07, 6.45) is 8.68. The number of amides is 1. The van der Waals surface area contributed by atoms with Gasteiger partial charge in [-0.25, -0.2) is 0 Å². The molecule has 0 saturated carbocycles. The molecule has 0 radical (unpaired) electrons. The van der Waals surface area contributed by atoms with E-state index in [-0.39, 0.29) is 11.7 Å². The number of aliphatic hydroxyl groups excluding tert-OH is 1. The van der Waals surface area contributed by atoms with Crippen LogP contribution in [-0.4, -0.2) is 36.1 Å². The Morgan fingerprint density at radius 2 is 1.76 bits per heavy atom. The SMILES string of the molecule is CCCCCCCCCOc1ccc(C(=O)N[C@@H](CO)C(=N)N)cc1. The highest BCUT2D eigenvalue weighted by Gasteiger charge is 2.15. The normalized spacial score (nSPS) is 11.8. The molecule has 1 atom stereocenters. The van der Waals surface area contributed by atoms with Crippen LogP contribution >= 0.6 is 0 Å². The smallest absolute Gasteiger partial charge is 0.251 e. The largest absolute Gasteiger partial charge is 0.494 e. The number of benzene rings is 1. The zero-order valence-electron chi connectivity index (χ0n) is 15.1. The maximum Gasteiger partial charge on any atom is 0.251 e. The van der Waals surface area contributed by atoms with Gasteiger partial charge in [-0.15, -0.1) is 0 Å². The van der Waals surface area contributed by atoms with Crippen molar-refractivity contribution in [2.24, 2.45) is 5.73 Å². The number of carbonyl (C=O) groups is 1. The molecule has 6 nitrogen and oxygen atoms in total. The molecular formula is C19H31N3O3. The summed E-state index contributed by atoms with van der Waals surface area (Å²) in [6, 6.07) is 5.95. The predicted molar refractivity (Wildman–Crippen MR) is 100 cm³/mol. The first-order valence-electron chi connectivity index (χ1n) is 9.07. The van der Waals surface area contributed by atoms with E-state index >= 15 is 0 Å². The maximum atomic E-state index is 12.0. The number of unbranched alkanes of at least 4 members (excludes halogenated alkanes) is 6. The minimum atomic E-state index is -0.860. The fourth-order valence-corrected chi connectivity index (χ4v) is 2.42. The van der Waals surface area contributed by atoms with E-state index in [1.165, 1.54) is 38.5 Å². The third-order valence-electron chi connectivity index (χ3n) is 4.00. The topological polar surface area (TPSA) is 108 Å². The lowest BCUT2D eigenvalue weighted by Gasteiger charge is -2.14. The Morgan fingerprint density at radius 3 is 2.32 bits per heavy atom. The molecule has 0 spiro atoms. The summed E-state index contributed by atoms with van der Waals surface area (Å²) in [6.45, 7) is 2.49. The quantitative estimate of drug-likeness (QED) is 0.249. The fourth-order valence-electron chi connectivity index (χ4n) is 2.42. The molecule has 0 unspecified atom stereocenters. The van der Waals surface area contributed by atoms with Crippen LogP contribution in [0.2, 0.25) is 0 Å². The van der Waals surface area contributed by atoms with Gasteiger partial charge in [0.2, 0.25) is 0 Å². The van der Waals surface area contributed by atoms with Crippen LogP contribution < -0.4 is 15.8 Å². The molecule has 5 N–H and O–H groups in total. The van der Waals surface area contributed by atoms with Gasteiger partial charge in [-0.1, -0.05) is 45.4 Å². The number of nitrogens with two attached hydrogens (primary N) is 1. The average Bonchev–Trinajstić information content (AvgIpc) is 2.62. The standard InChI is InChI=1S/C19H31N3O3/c1-2-3-4-5-6-7-8-13-25-16-11-9-15(10-12-16)19(24)22-17(14-23)18(20)21/h9-12,17,23H,2-8,13-14H2,1H3,(H3,20,21)(H,22,24)/t17-/m0/s1. The Balaban J connectivity index is 2.29. The van der Waals surface area contributed by atoms with E-state index in [9.17, 15) is 4.79 Å². The second-order valence-electron chi connectivity index (χ2n) is 6.16. The van der Waals surface area contributed by atoms with Gasteiger partial charge in [0.05, 0.1) is 13.2 Å².